The highest BCUT2D eigenvalue weighted by molar-refractivity contribution is 5.96. The van der Waals surface area contributed by atoms with E-state index in [1.807, 2.05) is 11.8 Å². The number of nitrogens with zero attached hydrogens (tertiary/aromatic N) is 1. The van der Waals surface area contributed by atoms with Crippen molar-refractivity contribution in [3.8, 4) is 0 Å². The van der Waals surface area contributed by atoms with Gasteiger partial charge in [0, 0.05) is 25.1 Å². The van der Waals surface area contributed by atoms with E-state index in [9.17, 15) is 9.59 Å². The van der Waals surface area contributed by atoms with Gasteiger partial charge in [-0.05, 0) is 31.6 Å². The Morgan fingerprint density at radius 1 is 1.33 bits per heavy atom. The maximum Gasteiger partial charge on any atom is 0.339 e. The first-order valence-electron chi connectivity index (χ1n) is 7.78. The minimum atomic E-state index is -1.04. The van der Waals surface area contributed by atoms with Crippen LogP contribution in [0.4, 0.5) is 0 Å². The number of fused-ring (bicyclic) bond motifs is 1. The van der Waals surface area contributed by atoms with Gasteiger partial charge in [0.2, 0.25) is 0 Å². The third-order valence-corrected chi connectivity index (χ3v) is 4.83. The van der Waals surface area contributed by atoms with Crippen LogP contribution < -0.4 is 0 Å². The van der Waals surface area contributed by atoms with E-state index < -0.39 is 5.97 Å². The second-order valence-corrected chi connectivity index (χ2v) is 6.01. The number of aromatic carboxylic acids is 1. The van der Waals surface area contributed by atoms with Crippen LogP contribution in [0.25, 0.3) is 0 Å². The topological polar surface area (TPSA) is 70.8 Å². The molecule has 1 saturated carbocycles. The van der Waals surface area contributed by atoms with Crippen molar-refractivity contribution < 1.29 is 19.1 Å². The molecule has 0 bridgehead atoms. The maximum absolute atomic E-state index is 12.7. The van der Waals surface area contributed by atoms with Crippen molar-refractivity contribution in [2.24, 2.45) is 5.92 Å². The molecule has 2 aliphatic rings. The molecule has 21 heavy (non-hydrogen) atoms. The van der Waals surface area contributed by atoms with Gasteiger partial charge in [-0.1, -0.05) is 13.3 Å². The lowest BCUT2D eigenvalue weighted by atomic mass is 9.92. The number of carbonyl (C=O) groups excluding carboxylic acids is 1. The number of furan rings is 1. The highest BCUT2D eigenvalue weighted by atomic mass is 16.4. The number of rotatable bonds is 3. The number of likely N-dealkylation sites (tertiary alicyclic amines) is 1. The molecule has 1 saturated heterocycles. The molecular weight excluding hydrogens is 270 g/mol. The van der Waals surface area contributed by atoms with Gasteiger partial charge in [0.05, 0.1) is 0 Å². The van der Waals surface area contributed by atoms with Crippen molar-refractivity contribution in [1.82, 2.24) is 4.90 Å². The SMILES string of the molecule is CCc1oc(C(=O)N2CCCC3CCCC32)cc1C(=O)O. The lowest BCUT2D eigenvalue weighted by Crippen LogP contribution is -2.46. The predicted octanol–water partition coefficient (Wildman–Crippen LogP) is 2.94. The van der Waals surface area contributed by atoms with Crippen molar-refractivity contribution in [3.63, 3.8) is 0 Å². The number of amides is 1. The summed E-state index contributed by atoms with van der Waals surface area (Å²) in [5.41, 5.74) is 0.112. The van der Waals surface area contributed by atoms with Gasteiger partial charge in [-0.15, -0.1) is 0 Å². The second-order valence-electron chi connectivity index (χ2n) is 6.01. The number of hydrogen-bond acceptors (Lipinski definition) is 3. The molecule has 1 aromatic rings. The minimum absolute atomic E-state index is 0.112. The van der Waals surface area contributed by atoms with E-state index in [1.165, 1.54) is 25.3 Å². The Labute approximate surface area is 123 Å². The molecule has 2 fully saturated rings. The summed E-state index contributed by atoms with van der Waals surface area (Å²) in [5.74, 6) is -0.00859. The summed E-state index contributed by atoms with van der Waals surface area (Å²) < 4.78 is 5.52. The molecular formula is C16H21NO4. The molecule has 2 heterocycles. The number of carboxylic acid groups (broad SMARTS) is 1. The standard InChI is InChI=1S/C16H21NO4/c1-2-13-11(16(19)20)9-14(21-13)15(18)17-8-4-6-10-5-3-7-12(10)17/h9-10,12H,2-8H2,1H3,(H,19,20). The van der Waals surface area contributed by atoms with E-state index in [0.29, 0.717) is 24.1 Å². The largest absolute Gasteiger partial charge is 0.478 e. The lowest BCUT2D eigenvalue weighted by Gasteiger charge is -2.37. The van der Waals surface area contributed by atoms with E-state index >= 15 is 0 Å². The van der Waals surface area contributed by atoms with Crippen molar-refractivity contribution >= 4 is 11.9 Å². The van der Waals surface area contributed by atoms with E-state index in [1.54, 1.807) is 0 Å². The second kappa shape index (κ2) is 5.54. The summed E-state index contributed by atoms with van der Waals surface area (Å²) in [6.45, 7) is 2.58. The number of piperidine rings is 1. The molecule has 2 atom stereocenters. The van der Waals surface area contributed by atoms with Gasteiger partial charge in [-0.2, -0.15) is 0 Å². The van der Waals surface area contributed by atoms with Gasteiger partial charge in [0.25, 0.3) is 5.91 Å². The van der Waals surface area contributed by atoms with E-state index in [-0.39, 0.29) is 17.2 Å². The summed E-state index contributed by atoms with van der Waals surface area (Å²) in [6.07, 6.45) is 6.14. The molecule has 3 rings (SSSR count). The normalized spacial score (nSPS) is 24.9. The Morgan fingerprint density at radius 3 is 2.76 bits per heavy atom. The van der Waals surface area contributed by atoms with E-state index in [4.69, 9.17) is 9.52 Å². The third-order valence-electron chi connectivity index (χ3n) is 4.83. The summed E-state index contributed by atoms with van der Waals surface area (Å²) in [7, 11) is 0. The highest BCUT2D eigenvalue weighted by Gasteiger charge is 2.38. The number of carboxylic acids is 1. The molecule has 1 N–H and O–H groups in total. The fourth-order valence-corrected chi connectivity index (χ4v) is 3.83. The Morgan fingerprint density at radius 2 is 2.10 bits per heavy atom. The molecule has 0 aromatic carbocycles. The Balaban J connectivity index is 1.86. The Bertz CT molecular complexity index is 563. The van der Waals surface area contributed by atoms with Crippen LogP contribution in [0.5, 0.6) is 0 Å². The summed E-state index contributed by atoms with van der Waals surface area (Å²) in [4.78, 5) is 25.8. The van der Waals surface area contributed by atoms with Crippen LogP contribution in [-0.2, 0) is 6.42 Å². The highest BCUT2D eigenvalue weighted by Crippen LogP contribution is 2.37. The van der Waals surface area contributed by atoms with Crippen LogP contribution in [0.3, 0.4) is 0 Å². The Hall–Kier alpha value is -1.78. The van der Waals surface area contributed by atoms with Crippen molar-refractivity contribution in [1.29, 1.82) is 0 Å². The third kappa shape index (κ3) is 2.45. The molecule has 5 heteroatoms. The van der Waals surface area contributed by atoms with Crippen LogP contribution in [0.1, 0.15) is 65.7 Å². The van der Waals surface area contributed by atoms with Gasteiger partial charge in [0.1, 0.15) is 11.3 Å². The summed E-state index contributed by atoms with van der Waals surface area (Å²) in [6, 6.07) is 1.71. The molecule has 1 aromatic heterocycles. The van der Waals surface area contributed by atoms with Crippen molar-refractivity contribution in [2.75, 3.05) is 6.54 Å². The van der Waals surface area contributed by atoms with Gasteiger partial charge in [-0.25, -0.2) is 4.79 Å². The average Bonchev–Trinajstić information content (AvgIpc) is 3.12. The molecule has 1 aliphatic carbocycles. The molecule has 0 radical (unpaired) electrons. The predicted molar refractivity (Wildman–Crippen MR) is 76.4 cm³/mol. The van der Waals surface area contributed by atoms with E-state index in [0.717, 1.165) is 19.4 Å². The first-order valence-corrected chi connectivity index (χ1v) is 7.78. The summed E-state index contributed by atoms with van der Waals surface area (Å²) >= 11 is 0. The van der Waals surface area contributed by atoms with E-state index in [2.05, 4.69) is 0 Å². The number of hydrogen-bond donors (Lipinski definition) is 1. The molecule has 0 spiro atoms. The smallest absolute Gasteiger partial charge is 0.339 e. The fourth-order valence-electron chi connectivity index (χ4n) is 3.83. The number of carbonyl (C=O) groups is 2. The zero-order valence-corrected chi connectivity index (χ0v) is 12.3. The number of aryl methyl sites for hydroxylation is 1. The zero-order chi connectivity index (χ0) is 15.0. The lowest BCUT2D eigenvalue weighted by molar-refractivity contribution is 0.0514. The van der Waals surface area contributed by atoms with Crippen molar-refractivity contribution in [2.45, 2.75) is 51.5 Å². The maximum atomic E-state index is 12.7. The zero-order valence-electron chi connectivity index (χ0n) is 12.3. The summed E-state index contributed by atoms with van der Waals surface area (Å²) in [5, 5.41) is 9.17. The first-order chi connectivity index (χ1) is 10.1. The monoisotopic (exact) mass is 291 g/mol. The molecule has 1 aliphatic heterocycles. The quantitative estimate of drug-likeness (QED) is 0.929. The van der Waals surface area contributed by atoms with Gasteiger partial charge >= 0.3 is 5.97 Å². The van der Waals surface area contributed by atoms with Crippen LogP contribution in [-0.4, -0.2) is 34.5 Å². The molecule has 5 nitrogen and oxygen atoms in total. The average molecular weight is 291 g/mol. The van der Waals surface area contributed by atoms with Crippen LogP contribution in [0, 0.1) is 5.92 Å². The van der Waals surface area contributed by atoms with Crippen molar-refractivity contribution in [3.05, 3.63) is 23.2 Å². The van der Waals surface area contributed by atoms with Crippen LogP contribution >= 0.6 is 0 Å². The van der Waals surface area contributed by atoms with Gasteiger partial charge in [-0.3, -0.25) is 4.79 Å². The fraction of sp³-hybridized carbons (Fsp3) is 0.625. The van der Waals surface area contributed by atoms with Gasteiger partial charge < -0.3 is 14.4 Å². The van der Waals surface area contributed by atoms with Gasteiger partial charge in [0.15, 0.2) is 5.76 Å². The van der Waals surface area contributed by atoms with Crippen LogP contribution in [0.15, 0.2) is 10.5 Å². The molecule has 114 valence electrons. The molecule has 2 unspecified atom stereocenters. The van der Waals surface area contributed by atoms with Crippen LogP contribution in [0.2, 0.25) is 0 Å². The minimum Gasteiger partial charge on any atom is -0.478 e. The molecule has 1 amide bonds. The first kappa shape index (κ1) is 14.2. The Kier molecular flexibility index (Phi) is 3.74.